The Kier molecular flexibility index (Phi) is 3.98. The van der Waals surface area contributed by atoms with Gasteiger partial charge in [-0.1, -0.05) is 12.1 Å². The van der Waals surface area contributed by atoms with Crippen LogP contribution in [0.25, 0.3) is 0 Å². The van der Waals surface area contributed by atoms with Crippen LogP contribution in [0.3, 0.4) is 0 Å². The summed E-state index contributed by atoms with van der Waals surface area (Å²) < 4.78 is 11.0. The van der Waals surface area contributed by atoms with Gasteiger partial charge in [-0.3, -0.25) is 0 Å². The fourth-order valence-corrected chi connectivity index (χ4v) is 3.20. The molecule has 0 spiro atoms. The standard InChI is InChI=1S/C17H20N4O2/c1-4-13(17-15(6-1)22-12-23-17)10-18-14-5-3-9-21(11-14)16-7-2-8-19-20-16/h1-2,4,6-8,14,18H,3,5,9-12H2/t14-/m1/s1. The zero-order valence-corrected chi connectivity index (χ0v) is 12.9. The van der Waals surface area contributed by atoms with Gasteiger partial charge in [-0.05, 0) is 31.0 Å². The summed E-state index contributed by atoms with van der Waals surface area (Å²) in [5.41, 5.74) is 1.15. The van der Waals surface area contributed by atoms with Gasteiger partial charge in [-0.25, -0.2) is 0 Å². The minimum Gasteiger partial charge on any atom is -0.454 e. The number of hydrogen-bond acceptors (Lipinski definition) is 6. The van der Waals surface area contributed by atoms with Crippen LogP contribution in [0.15, 0.2) is 36.5 Å². The van der Waals surface area contributed by atoms with Gasteiger partial charge in [-0.15, -0.1) is 5.10 Å². The van der Waals surface area contributed by atoms with Crippen molar-refractivity contribution >= 4 is 5.82 Å². The molecule has 4 rings (SSSR count). The van der Waals surface area contributed by atoms with E-state index in [9.17, 15) is 0 Å². The Labute approximate surface area is 135 Å². The number of aromatic nitrogens is 2. The number of anilines is 1. The average molecular weight is 312 g/mol. The van der Waals surface area contributed by atoms with Crippen LogP contribution in [0, 0.1) is 0 Å². The van der Waals surface area contributed by atoms with Crippen molar-refractivity contribution < 1.29 is 9.47 Å². The summed E-state index contributed by atoms with van der Waals surface area (Å²) in [5.74, 6) is 2.67. The highest BCUT2D eigenvalue weighted by atomic mass is 16.7. The predicted octanol–water partition coefficient (Wildman–Crippen LogP) is 1.96. The Morgan fingerprint density at radius 2 is 2.22 bits per heavy atom. The number of fused-ring (bicyclic) bond motifs is 1. The third kappa shape index (κ3) is 3.07. The first-order chi connectivity index (χ1) is 11.4. The van der Waals surface area contributed by atoms with Crippen molar-refractivity contribution in [2.24, 2.45) is 0 Å². The maximum absolute atomic E-state index is 5.57. The number of para-hydroxylation sites is 1. The summed E-state index contributed by atoms with van der Waals surface area (Å²) in [6.07, 6.45) is 4.03. The van der Waals surface area contributed by atoms with Crippen molar-refractivity contribution in [2.75, 3.05) is 24.8 Å². The van der Waals surface area contributed by atoms with Crippen molar-refractivity contribution in [3.05, 3.63) is 42.1 Å². The second-order valence-electron chi connectivity index (χ2n) is 5.90. The van der Waals surface area contributed by atoms with E-state index < -0.39 is 0 Å². The zero-order chi connectivity index (χ0) is 15.5. The second-order valence-corrected chi connectivity index (χ2v) is 5.90. The molecule has 6 heteroatoms. The monoisotopic (exact) mass is 312 g/mol. The van der Waals surface area contributed by atoms with Gasteiger partial charge in [0.15, 0.2) is 17.3 Å². The molecule has 23 heavy (non-hydrogen) atoms. The Morgan fingerprint density at radius 3 is 3.13 bits per heavy atom. The third-order valence-corrected chi connectivity index (χ3v) is 4.36. The molecule has 0 aliphatic carbocycles. The van der Waals surface area contributed by atoms with Gasteiger partial charge in [0, 0.05) is 37.4 Å². The van der Waals surface area contributed by atoms with Gasteiger partial charge in [0.2, 0.25) is 6.79 Å². The topological polar surface area (TPSA) is 59.5 Å². The van der Waals surface area contributed by atoms with E-state index in [-0.39, 0.29) is 0 Å². The highest BCUT2D eigenvalue weighted by Crippen LogP contribution is 2.35. The highest BCUT2D eigenvalue weighted by Gasteiger charge is 2.22. The van der Waals surface area contributed by atoms with Gasteiger partial charge >= 0.3 is 0 Å². The normalized spacial score (nSPS) is 19.8. The summed E-state index contributed by atoms with van der Waals surface area (Å²) in [7, 11) is 0. The van der Waals surface area contributed by atoms with Crippen LogP contribution in [-0.4, -0.2) is 36.1 Å². The molecular formula is C17H20N4O2. The zero-order valence-electron chi connectivity index (χ0n) is 12.9. The number of ether oxygens (including phenoxy) is 2. The molecule has 0 amide bonds. The molecule has 1 N–H and O–H groups in total. The van der Waals surface area contributed by atoms with E-state index >= 15 is 0 Å². The Morgan fingerprint density at radius 1 is 1.22 bits per heavy atom. The van der Waals surface area contributed by atoms with E-state index in [1.807, 2.05) is 24.3 Å². The van der Waals surface area contributed by atoms with Gasteiger partial charge in [0.25, 0.3) is 0 Å². The number of piperidine rings is 1. The molecule has 1 saturated heterocycles. The molecule has 2 aromatic rings. The smallest absolute Gasteiger partial charge is 0.231 e. The van der Waals surface area contributed by atoms with E-state index in [1.165, 1.54) is 6.42 Å². The summed E-state index contributed by atoms with van der Waals surface area (Å²) >= 11 is 0. The minimum absolute atomic E-state index is 0.316. The van der Waals surface area contributed by atoms with Crippen LogP contribution < -0.4 is 19.7 Å². The second kappa shape index (κ2) is 6.42. The molecule has 3 heterocycles. The van der Waals surface area contributed by atoms with Gasteiger partial charge < -0.3 is 19.7 Å². The van der Waals surface area contributed by atoms with Crippen LogP contribution in [0.5, 0.6) is 11.5 Å². The van der Waals surface area contributed by atoms with E-state index in [1.54, 1.807) is 6.20 Å². The number of rotatable bonds is 4. The van der Waals surface area contributed by atoms with Crippen molar-refractivity contribution in [1.29, 1.82) is 0 Å². The summed E-state index contributed by atoms with van der Waals surface area (Å²) in [6, 6.07) is 10.4. The molecule has 0 radical (unpaired) electrons. The quantitative estimate of drug-likeness (QED) is 0.931. The Balaban J connectivity index is 1.39. The van der Waals surface area contributed by atoms with Gasteiger partial charge in [0.05, 0.1) is 0 Å². The largest absolute Gasteiger partial charge is 0.454 e. The first-order valence-corrected chi connectivity index (χ1v) is 8.04. The summed E-state index contributed by atoms with van der Waals surface area (Å²) in [4.78, 5) is 2.29. The van der Waals surface area contributed by atoms with Crippen LogP contribution in [-0.2, 0) is 6.54 Å². The van der Waals surface area contributed by atoms with Crippen molar-refractivity contribution in [2.45, 2.75) is 25.4 Å². The van der Waals surface area contributed by atoms with Gasteiger partial charge in [0.1, 0.15) is 0 Å². The molecule has 0 unspecified atom stereocenters. The molecule has 1 aromatic heterocycles. The fraction of sp³-hybridized carbons (Fsp3) is 0.412. The lowest BCUT2D eigenvalue weighted by Crippen LogP contribution is -2.45. The molecule has 2 aliphatic rings. The van der Waals surface area contributed by atoms with Crippen molar-refractivity contribution in [1.82, 2.24) is 15.5 Å². The maximum atomic E-state index is 5.57. The average Bonchev–Trinajstić information content (AvgIpc) is 3.10. The highest BCUT2D eigenvalue weighted by molar-refractivity contribution is 5.48. The number of nitrogens with one attached hydrogen (secondary N) is 1. The molecule has 120 valence electrons. The molecule has 1 fully saturated rings. The first kappa shape index (κ1) is 14.3. The van der Waals surface area contributed by atoms with Crippen LogP contribution in [0.4, 0.5) is 5.82 Å². The molecule has 6 nitrogen and oxygen atoms in total. The van der Waals surface area contributed by atoms with Gasteiger partial charge in [-0.2, -0.15) is 5.10 Å². The van der Waals surface area contributed by atoms with E-state index in [0.29, 0.717) is 12.8 Å². The molecule has 2 aliphatic heterocycles. The number of benzene rings is 1. The number of nitrogens with zero attached hydrogens (tertiary/aromatic N) is 3. The number of hydrogen-bond donors (Lipinski definition) is 1. The molecule has 1 aromatic carbocycles. The SMILES string of the molecule is c1cnnc(N2CCC[C@@H](NCc3cccc4c3OCO4)C2)c1. The summed E-state index contributed by atoms with van der Waals surface area (Å²) in [6.45, 7) is 3.08. The van der Waals surface area contributed by atoms with Crippen LogP contribution >= 0.6 is 0 Å². The first-order valence-electron chi connectivity index (χ1n) is 8.04. The summed E-state index contributed by atoms with van der Waals surface area (Å²) in [5, 5.41) is 11.8. The minimum atomic E-state index is 0.316. The van der Waals surface area contributed by atoms with E-state index in [2.05, 4.69) is 26.5 Å². The lowest BCUT2D eigenvalue weighted by Gasteiger charge is -2.33. The van der Waals surface area contributed by atoms with E-state index in [4.69, 9.17) is 9.47 Å². The third-order valence-electron chi connectivity index (χ3n) is 4.36. The molecule has 0 saturated carbocycles. The van der Waals surface area contributed by atoms with Crippen molar-refractivity contribution in [3.63, 3.8) is 0 Å². The molecular weight excluding hydrogens is 292 g/mol. The van der Waals surface area contributed by atoms with Crippen LogP contribution in [0.2, 0.25) is 0 Å². The lowest BCUT2D eigenvalue weighted by atomic mass is 10.0. The Bertz CT molecular complexity index is 665. The fourth-order valence-electron chi connectivity index (χ4n) is 3.20. The predicted molar refractivity (Wildman–Crippen MR) is 86.7 cm³/mol. The molecule has 0 bridgehead atoms. The van der Waals surface area contributed by atoms with E-state index in [0.717, 1.165) is 48.9 Å². The van der Waals surface area contributed by atoms with Crippen molar-refractivity contribution in [3.8, 4) is 11.5 Å². The maximum Gasteiger partial charge on any atom is 0.231 e. The molecule has 1 atom stereocenters. The van der Waals surface area contributed by atoms with Crippen LogP contribution in [0.1, 0.15) is 18.4 Å². The Hall–Kier alpha value is -2.34. The lowest BCUT2D eigenvalue weighted by molar-refractivity contribution is 0.173.